The van der Waals surface area contributed by atoms with Crippen LogP contribution in [-0.4, -0.2) is 12.5 Å². The van der Waals surface area contributed by atoms with Crippen molar-refractivity contribution in [3.8, 4) is 0 Å². The molecule has 0 atom stereocenters. The third-order valence-corrected chi connectivity index (χ3v) is 3.40. The largest absolute Gasteiger partial charge is 0.466 e. The van der Waals surface area contributed by atoms with Crippen molar-refractivity contribution in [1.29, 1.82) is 0 Å². The van der Waals surface area contributed by atoms with E-state index in [4.69, 9.17) is 4.42 Å². The normalized spacial score (nSPS) is 10.6. The fraction of sp³-hybridized carbons (Fsp3) is 0.312. The Kier molecular flexibility index (Phi) is 4.23. The molecule has 0 aliphatic rings. The molecule has 0 unspecified atom stereocenters. The van der Waals surface area contributed by atoms with Crippen LogP contribution in [0.3, 0.4) is 0 Å². The van der Waals surface area contributed by atoms with Gasteiger partial charge in [-0.25, -0.2) is 4.39 Å². The maximum atomic E-state index is 12.8. The number of hydrogen-bond donors (Lipinski definition) is 1. The lowest BCUT2D eigenvalue weighted by molar-refractivity contribution is 0.0952. The Hall–Kier alpha value is -2.10. The molecule has 4 heteroatoms. The zero-order valence-corrected chi connectivity index (χ0v) is 11.9. The second-order valence-electron chi connectivity index (χ2n) is 4.85. The van der Waals surface area contributed by atoms with E-state index < -0.39 is 0 Å². The van der Waals surface area contributed by atoms with Crippen LogP contribution >= 0.6 is 0 Å². The molecule has 20 heavy (non-hydrogen) atoms. The van der Waals surface area contributed by atoms with Crippen molar-refractivity contribution < 1.29 is 13.6 Å². The summed E-state index contributed by atoms with van der Waals surface area (Å²) in [7, 11) is 0. The van der Waals surface area contributed by atoms with E-state index in [9.17, 15) is 9.18 Å². The molecule has 0 spiro atoms. The number of hydrogen-bond acceptors (Lipinski definition) is 2. The molecule has 0 saturated carbocycles. The van der Waals surface area contributed by atoms with E-state index >= 15 is 0 Å². The van der Waals surface area contributed by atoms with Crippen LogP contribution < -0.4 is 5.32 Å². The first-order valence-corrected chi connectivity index (χ1v) is 6.58. The van der Waals surface area contributed by atoms with Gasteiger partial charge in [-0.05, 0) is 44.9 Å². The molecule has 2 rings (SSSR count). The third kappa shape index (κ3) is 3.07. The van der Waals surface area contributed by atoms with Crippen LogP contribution in [0.5, 0.6) is 0 Å². The first-order chi connectivity index (χ1) is 9.49. The van der Waals surface area contributed by atoms with Crippen LogP contribution in [0.25, 0.3) is 0 Å². The van der Waals surface area contributed by atoms with Gasteiger partial charge in [-0.15, -0.1) is 0 Å². The zero-order chi connectivity index (χ0) is 14.7. The summed E-state index contributed by atoms with van der Waals surface area (Å²) in [6, 6.07) is 6.29. The summed E-state index contributed by atoms with van der Waals surface area (Å²) in [5, 5.41) is 2.86. The van der Waals surface area contributed by atoms with Crippen molar-refractivity contribution in [1.82, 2.24) is 5.32 Å². The standard InChI is InChI=1S/C16H18FNO2/c1-10-11(2)20-12(3)15(10)16(19)18-9-8-13-4-6-14(17)7-5-13/h4-7H,8-9H2,1-3H3,(H,18,19). The van der Waals surface area contributed by atoms with E-state index in [0.717, 1.165) is 16.9 Å². The number of benzene rings is 1. The molecule has 106 valence electrons. The highest BCUT2D eigenvalue weighted by molar-refractivity contribution is 5.96. The Balaban J connectivity index is 1.94. The van der Waals surface area contributed by atoms with Crippen LogP contribution in [0.1, 0.15) is 33.0 Å². The smallest absolute Gasteiger partial charge is 0.255 e. The summed E-state index contributed by atoms with van der Waals surface area (Å²) in [5.74, 6) is 1.03. The number of rotatable bonds is 4. The number of furan rings is 1. The lowest BCUT2D eigenvalue weighted by Gasteiger charge is -2.05. The fourth-order valence-electron chi connectivity index (χ4n) is 2.19. The molecular weight excluding hydrogens is 257 g/mol. The average Bonchev–Trinajstić information content (AvgIpc) is 2.65. The van der Waals surface area contributed by atoms with Crippen molar-refractivity contribution in [3.63, 3.8) is 0 Å². The molecule has 1 aromatic carbocycles. The van der Waals surface area contributed by atoms with Gasteiger partial charge in [-0.2, -0.15) is 0 Å². The second kappa shape index (κ2) is 5.90. The predicted octanol–water partition coefficient (Wildman–Crippen LogP) is 3.32. The summed E-state index contributed by atoms with van der Waals surface area (Å²) >= 11 is 0. The number of nitrogens with one attached hydrogen (secondary N) is 1. The Bertz CT molecular complexity index is 614. The maximum absolute atomic E-state index is 12.8. The number of aryl methyl sites for hydroxylation is 2. The van der Waals surface area contributed by atoms with Crippen molar-refractivity contribution in [2.75, 3.05) is 6.54 Å². The van der Waals surface area contributed by atoms with E-state index in [-0.39, 0.29) is 11.7 Å². The molecule has 0 fully saturated rings. The molecule has 0 saturated heterocycles. The molecule has 3 nitrogen and oxygen atoms in total. The van der Waals surface area contributed by atoms with Crippen LogP contribution in [-0.2, 0) is 6.42 Å². The summed E-state index contributed by atoms with van der Waals surface area (Å²) < 4.78 is 18.2. The molecule has 1 heterocycles. The van der Waals surface area contributed by atoms with Gasteiger partial charge in [-0.3, -0.25) is 4.79 Å². The van der Waals surface area contributed by atoms with Gasteiger partial charge in [0.1, 0.15) is 17.3 Å². The van der Waals surface area contributed by atoms with E-state index in [1.54, 1.807) is 19.1 Å². The fourth-order valence-corrected chi connectivity index (χ4v) is 2.19. The van der Waals surface area contributed by atoms with Crippen molar-refractivity contribution >= 4 is 5.91 Å². The first-order valence-electron chi connectivity index (χ1n) is 6.58. The van der Waals surface area contributed by atoms with Gasteiger partial charge in [-0.1, -0.05) is 12.1 Å². The predicted molar refractivity (Wildman–Crippen MR) is 75.4 cm³/mol. The number of carbonyl (C=O) groups excluding carboxylic acids is 1. The van der Waals surface area contributed by atoms with Gasteiger partial charge in [0.15, 0.2) is 0 Å². The number of carbonyl (C=O) groups is 1. The summed E-state index contributed by atoms with van der Waals surface area (Å²) in [4.78, 5) is 12.1. The maximum Gasteiger partial charge on any atom is 0.255 e. The topological polar surface area (TPSA) is 42.2 Å². The van der Waals surface area contributed by atoms with Gasteiger partial charge < -0.3 is 9.73 Å². The third-order valence-electron chi connectivity index (χ3n) is 3.40. The minimum atomic E-state index is -0.252. The molecule has 2 aromatic rings. The molecule has 0 bridgehead atoms. The van der Waals surface area contributed by atoms with Gasteiger partial charge in [0.25, 0.3) is 5.91 Å². The van der Waals surface area contributed by atoms with E-state index in [2.05, 4.69) is 5.32 Å². The summed E-state index contributed by atoms with van der Waals surface area (Å²) in [5.41, 5.74) is 2.48. The molecule has 0 aliphatic carbocycles. The summed E-state index contributed by atoms with van der Waals surface area (Å²) in [6.07, 6.45) is 0.668. The SMILES string of the molecule is Cc1oc(C)c(C(=O)NCCc2ccc(F)cc2)c1C. The monoisotopic (exact) mass is 275 g/mol. The van der Waals surface area contributed by atoms with Crippen LogP contribution in [0.15, 0.2) is 28.7 Å². The van der Waals surface area contributed by atoms with Gasteiger partial charge in [0.2, 0.25) is 0 Å². The first kappa shape index (κ1) is 14.3. The van der Waals surface area contributed by atoms with Crippen LogP contribution in [0.4, 0.5) is 4.39 Å². The molecule has 0 radical (unpaired) electrons. The Morgan fingerprint density at radius 3 is 2.35 bits per heavy atom. The number of halogens is 1. The quantitative estimate of drug-likeness (QED) is 0.930. The molecule has 1 amide bonds. The Morgan fingerprint density at radius 1 is 1.15 bits per heavy atom. The van der Waals surface area contributed by atoms with Gasteiger partial charge in [0, 0.05) is 12.1 Å². The Morgan fingerprint density at radius 2 is 1.80 bits per heavy atom. The lowest BCUT2D eigenvalue weighted by atomic mass is 10.1. The van der Waals surface area contributed by atoms with Gasteiger partial charge >= 0.3 is 0 Å². The minimum Gasteiger partial charge on any atom is -0.466 e. The highest BCUT2D eigenvalue weighted by atomic mass is 19.1. The highest BCUT2D eigenvalue weighted by Crippen LogP contribution is 2.20. The van der Waals surface area contributed by atoms with E-state index in [1.807, 2.05) is 13.8 Å². The minimum absolute atomic E-state index is 0.126. The lowest BCUT2D eigenvalue weighted by Crippen LogP contribution is -2.26. The zero-order valence-electron chi connectivity index (χ0n) is 11.9. The summed E-state index contributed by atoms with van der Waals surface area (Å²) in [6.45, 7) is 6.01. The van der Waals surface area contributed by atoms with Crippen molar-refractivity contribution in [3.05, 3.63) is 58.3 Å². The van der Waals surface area contributed by atoms with Crippen molar-refractivity contribution in [2.24, 2.45) is 0 Å². The molecule has 0 aliphatic heterocycles. The van der Waals surface area contributed by atoms with E-state index in [0.29, 0.717) is 24.3 Å². The molecule has 1 N–H and O–H groups in total. The number of amides is 1. The Labute approximate surface area is 117 Å². The molecular formula is C16H18FNO2. The second-order valence-corrected chi connectivity index (χ2v) is 4.85. The van der Waals surface area contributed by atoms with Crippen LogP contribution in [0, 0.1) is 26.6 Å². The van der Waals surface area contributed by atoms with E-state index in [1.165, 1.54) is 12.1 Å². The van der Waals surface area contributed by atoms with Gasteiger partial charge in [0.05, 0.1) is 5.56 Å². The van der Waals surface area contributed by atoms with Crippen LogP contribution in [0.2, 0.25) is 0 Å². The highest BCUT2D eigenvalue weighted by Gasteiger charge is 2.17. The van der Waals surface area contributed by atoms with Crippen molar-refractivity contribution in [2.45, 2.75) is 27.2 Å². The average molecular weight is 275 g/mol. The molecule has 1 aromatic heterocycles.